The smallest absolute Gasteiger partial charge is 0.147 e. The molecule has 1 aromatic rings. The zero-order chi connectivity index (χ0) is 8.32. The standard InChI is InChI=1S/C6H9N2O2S/c1-11(9,10)5-3-6-2-4-7-8-6/h4H,3,5H2,1H3,(H,7,8). The predicted octanol–water partition coefficient (Wildman–Crippen LogP) is -0.203. The lowest BCUT2D eigenvalue weighted by Crippen LogP contribution is -2.05. The summed E-state index contributed by atoms with van der Waals surface area (Å²) in [4.78, 5) is 0. The van der Waals surface area contributed by atoms with E-state index < -0.39 is 9.84 Å². The Labute approximate surface area is 65.5 Å². The van der Waals surface area contributed by atoms with Gasteiger partial charge in [0, 0.05) is 24.9 Å². The van der Waals surface area contributed by atoms with E-state index in [0.29, 0.717) is 12.1 Å². The summed E-state index contributed by atoms with van der Waals surface area (Å²) in [7, 11) is -2.87. The molecule has 0 fully saturated rings. The molecule has 0 bridgehead atoms. The topological polar surface area (TPSA) is 62.8 Å². The third-order valence-corrected chi connectivity index (χ3v) is 2.16. The van der Waals surface area contributed by atoms with Gasteiger partial charge in [-0.25, -0.2) is 8.42 Å². The molecule has 0 aliphatic rings. The molecule has 1 aromatic heterocycles. The molecule has 11 heavy (non-hydrogen) atoms. The number of sulfone groups is 1. The molecule has 1 N–H and O–H groups in total. The van der Waals surface area contributed by atoms with Gasteiger partial charge in [-0.05, 0) is 0 Å². The number of H-pyrrole nitrogens is 1. The Balaban J connectivity index is 2.48. The van der Waals surface area contributed by atoms with Crippen molar-refractivity contribution in [3.8, 4) is 0 Å². The molecule has 4 nitrogen and oxygen atoms in total. The highest BCUT2D eigenvalue weighted by atomic mass is 32.2. The summed E-state index contributed by atoms with van der Waals surface area (Å²) < 4.78 is 21.3. The van der Waals surface area contributed by atoms with Crippen LogP contribution in [0.15, 0.2) is 6.20 Å². The molecule has 0 saturated heterocycles. The monoisotopic (exact) mass is 173 g/mol. The number of hydrogen-bond acceptors (Lipinski definition) is 3. The summed E-state index contributed by atoms with van der Waals surface area (Å²) in [5.41, 5.74) is 0.662. The Morgan fingerprint density at radius 3 is 2.91 bits per heavy atom. The first kappa shape index (κ1) is 8.26. The second-order valence-corrected chi connectivity index (χ2v) is 4.62. The van der Waals surface area contributed by atoms with E-state index in [1.807, 2.05) is 0 Å². The van der Waals surface area contributed by atoms with E-state index in [1.54, 1.807) is 6.20 Å². The van der Waals surface area contributed by atoms with Gasteiger partial charge >= 0.3 is 0 Å². The van der Waals surface area contributed by atoms with Crippen LogP contribution in [0.2, 0.25) is 0 Å². The van der Waals surface area contributed by atoms with E-state index in [1.165, 1.54) is 6.26 Å². The average molecular weight is 173 g/mol. The lowest BCUT2D eigenvalue weighted by Gasteiger charge is -1.92. The summed E-state index contributed by atoms with van der Waals surface area (Å²) in [5, 5.41) is 6.34. The lowest BCUT2D eigenvalue weighted by atomic mass is 10.3. The molecule has 0 unspecified atom stereocenters. The fraction of sp³-hybridized carbons (Fsp3) is 0.500. The van der Waals surface area contributed by atoms with Gasteiger partial charge in [-0.15, -0.1) is 0 Å². The molecule has 0 aromatic carbocycles. The van der Waals surface area contributed by atoms with Gasteiger partial charge in [0.05, 0.1) is 11.4 Å². The van der Waals surface area contributed by atoms with Crippen molar-refractivity contribution in [2.24, 2.45) is 0 Å². The molecule has 1 heterocycles. The molecular formula is C6H9N2O2S. The van der Waals surface area contributed by atoms with Crippen LogP contribution in [0.1, 0.15) is 5.69 Å². The first-order valence-corrected chi connectivity index (χ1v) is 5.22. The summed E-state index contributed by atoms with van der Waals surface area (Å²) >= 11 is 0. The summed E-state index contributed by atoms with van der Waals surface area (Å²) in [6, 6.07) is 2.78. The van der Waals surface area contributed by atoms with Crippen LogP contribution in [-0.2, 0) is 16.3 Å². The maximum Gasteiger partial charge on any atom is 0.147 e. The van der Waals surface area contributed by atoms with Crippen LogP contribution in [-0.4, -0.2) is 30.6 Å². The Bertz CT molecular complexity index is 301. The van der Waals surface area contributed by atoms with E-state index in [4.69, 9.17) is 0 Å². The fourth-order valence-corrected chi connectivity index (χ4v) is 1.23. The van der Waals surface area contributed by atoms with Crippen LogP contribution < -0.4 is 0 Å². The number of hydrogen-bond donors (Lipinski definition) is 1. The van der Waals surface area contributed by atoms with Gasteiger partial charge in [-0.2, -0.15) is 5.10 Å². The van der Waals surface area contributed by atoms with Crippen LogP contribution in [0.5, 0.6) is 0 Å². The fourth-order valence-electron chi connectivity index (χ4n) is 0.668. The van der Waals surface area contributed by atoms with Crippen LogP contribution >= 0.6 is 0 Å². The molecule has 1 rings (SSSR count). The Kier molecular flexibility index (Phi) is 2.28. The van der Waals surface area contributed by atoms with Gasteiger partial charge in [0.15, 0.2) is 0 Å². The molecule has 5 heteroatoms. The first-order valence-electron chi connectivity index (χ1n) is 3.16. The van der Waals surface area contributed by atoms with Crippen molar-refractivity contribution in [2.45, 2.75) is 6.42 Å². The van der Waals surface area contributed by atoms with Crippen LogP contribution in [0.4, 0.5) is 0 Å². The van der Waals surface area contributed by atoms with Gasteiger partial charge in [0.25, 0.3) is 0 Å². The Hall–Kier alpha value is -0.840. The van der Waals surface area contributed by atoms with E-state index >= 15 is 0 Å². The normalized spacial score (nSPS) is 11.7. The summed E-state index contributed by atoms with van der Waals surface area (Å²) in [5.74, 6) is 0.133. The van der Waals surface area contributed by atoms with Crippen molar-refractivity contribution >= 4 is 9.84 Å². The first-order chi connectivity index (χ1) is 5.08. The highest BCUT2D eigenvalue weighted by molar-refractivity contribution is 7.90. The van der Waals surface area contributed by atoms with E-state index in [2.05, 4.69) is 16.3 Å². The Morgan fingerprint density at radius 1 is 1.73 bits per heavy atom. The quantitative estimate of drug-likeness (QED) is 0.688. The van der Waals surface area contributed by atoms with E-state index in [0.717, 1.165) is 0 Å². The van der Waals surface area contributed by atoms with Crippen molar-refractivity contribution < 1.29 is 8.42 Å². The van der Waals surface area contributed by atoms with E-state index in [-0.39, 0.29) is 5.75 Å². The Morgan fingerprint density at radius 2 is 2.45 bits per heavy atom. The zero-order valence-electron chi connectivity index (χ0n) is 6.16. The van der Waals surface area contributed by atoms with Gasteiger partial charge in [0.2, 0.25) is 0 Å². The third-order valence-electron chi connectivity index (χ3n) is 1.21. The maximum atomic E-state index is 10.7. The molecule has 0 spiro atoms. The minimum absolute atomic E-state index is 0.133. The number of aryl methyl sites for hydroxylation is 1. The minimum Gasteiger partial charge on any atom is -0.285 e. The van der Waals surface area contributed by atoms with Crippen molar-refractivity contribution in [2.75, 3.05) is 12.0 Å². The van der Waals surface area contributed by atoms with Crippen LogP contribution in [0, 0.1) is 6.07 Å². The zero-order valence-corrected chi connectivity index (χ0v) is 6.98. The highest BCUT2D eigenvalue weighted by Crippen LogP contribution is 1.94. The number of nitrogens with zero attached hydrogens (tertiary/aromatic N) is 1. The molecule has 0 aliphatic carbocycles. The van der Waals surface area contributed by atoms with Crippen molar-refractivity contribution in [1.29, 1.82) is 0 Å². The second-order valence-electron chi connectivity index (χ2n) is 2.36. The maximum absolute atomic E-state index is 10.7. The second kappa shape index (κ2) is 3.04. The molecule has 0 aliphatic heterocycles. The summed E-state index contributed by atoms with van der Waals surface area (Å²) in [6.45, 7) is 0. The molecule has 0 amide bonds. The number of aromatic amines is 1. The molecular weight excluding hydrogens is 164 g/mol. The number of rotatable bonds is 3. The number of aromatic nitrogens is 2. The van der Waals surface area contributed by atoms with Gasteiger partial charge < -0.3 is 0 Å². The average Bonchev–Trinajstić information content (AvgIpc) is 2.32. The van der Waals surface area contributed by atoms with Crippen LogP contribution in [0.3, 0.4) is 0 Å². The summed E-state index contributed by atoms with van der Waals surface area (Å²) in [6.07, 6.45) is 3.19. The van der Waals surface area contributed by atoms with E-state index in [9.17, 15) is 8.42 Å². The third kappa shape index (κ3) is 3.18. The largest absolute Gasteiger partial charge is 0.285 e. The van der Waals surface area contributed by atoms with Gasteiger partial charge in [-0.3, -0.25) is 5.10 Å². The van der Waals surface area contributed by atoms with Crippen molar-refractivity contribution in [1.82, 2.24) is 10.2 Å². The highest BCUT2D eigenvalue weighted by Gasteiger charge is 2.03. The van der Waals surface area contributed by atoms with Crippen molar-refractivity contribution in [3.05, 3.63) is 18.0 Å². The van der Waals surface area contributed by atoms with Gasteiger partial charge in [0.1, 0.15) is 9.84 Å². The van der Waals surface area contributed by atoms with Gasteiger partial charge in [-0.1, -0.05) is 0 Å². The number of nitrogens with one attached hydrogen (secondary N) is 1. The predicted molar refractivity (Wildman–Crippen MR) is 40.8 cm³/mol. The molecule has 0 atom stereocenters. The van der Waals surface area contributed by atoms with Crippen LogP contribution in [0.25, 0.3) is 0 Å². The lowest BCUT2D eigenvalue weighted by molar-refractivity contribution is 0.600. The molecule has 61 valence electrons. The van der Waals surface area contributed by atoms with Crippen molar-refractivity contribution in [3.63, 3.8) is 0 Å². The SMILES string of the molecule is CS(=O)(=O)CCc1[c]c[nH]n1. The molecule has 1 radical (unpaired) electrons. The minimum atomic E-state index is -2.87. The molecule has 0 saturated carbocycles.